The van der Waals surface area contributed by atoms with Gasteiger partial charge >= 0.3 is 0 Å². The number of nitrogens with zero attached hydrogens (tertiary/aromatic N) is 2. The quantitative estimate of drug-likeness (QED) is 0.561. The molecule has 4 atom stereocenters. The minimum Gasteiger partial charge on any atom is -0.377 e. The molecule has 0 amide bonds. The molecule has 2 unspecified atom stereocenters. The summed E-state index contributed by atoms with van der Waals surface area (Å²) in [6.07, 6.45) is 8.59. The molecule has 0 aromatic carbocycles. The Morgan fingerprint density at radius 2 is 1.73 bits per heavy atom. The average molecular weight is 425 g/mol. The highest BCUT2D eigenvalue weighted by atomic mass is 19.1. The van der Waals surface area contributed by atoms with E-state index in [-0.39, 0.29) is 29.3 Å². The molecule has 0 N–H and O–H groups in total. The first-order valence-electron chi connectivity index (χ1n) is 11.7. The summed E-state index contributed by atoms with van der Waals surface area (Å²) < 4.78 is 39.3. The van der Waals surface area contributed by atoms with Gasteiger partial charge in [-0.05, 0) is 90.0 Å². The minimum atomic E-state index is -0.0558. The molecule has 4 aliphatic heterocycles. The van der Waals surface area contributed by atoms with Crippen molar-refractivity contribution in [3.63, 3.8) is 0 Å². The van der Waals surface area contributed by atoms with Crippen LogP contribution >= 0.6 is 0 Å². The SMILES string of the molecule is CC(C)OC[C@@]12CCCN1C(C[C@@H](C)OCC13CCCN1C/C(=C\F)C3)/C(=C/F)C2. The van der Waals surface area contributed by atoms with Crippen LogP contribution in [0.5, 0.6) is 0 Å². The summed E-state index contributed by atoms with van der Waals surface area (Å²) in [5, 5.41) is 0. The van der Waals surface area contributed by atoms with Crippen LogP contribution in [0.15, 0.2) is 23.8 Å². The zero-order valence-corrected chi connectivity index (χ0v) is 18.8. The van der Waals surface area contributed by atoms with Crippen LogP contribution in [0.3, 0.4) is 0 Å². The maximum atomic E-state index is 13.8. The monoisotopic (exact) mass is 424 g/mol. The minimum absolute atomic E-state index is 0.0302. The van der Waals surface area contributed by atoms with Crippen molar-refractivity contribution in [1.82, 2.24) is 9.80 Å². The van der Waals surface area contributed by atoms with E-state index in [0.717, 1.165) is 88.4 Å². The van der Waals surface area contributed by atoms with E-state index >= 15 is 0 Å². The van der Waals surface area contributed by atoms with Crippen molar-refractivity contribution in [2.75, 3.05) is 32.8 Å². The Morgan fingerprint density at radius 3 is 2.47 bits per heavy atom. The number of halogens is 2. The summed E-state index contributed by atoms with van der Waals surface area (Å²) in [6, 6.07) is 0.0883. The van der Waals surface area contributed by atoms with E-state index in [9.17, 15) is 8.78 Å². The van der Waals surface area contributed by atoms with Crippen LogP contribution in [0.25, 0.3) is 0 Å². The molecule has 0 saturated carbocycles. The molecule has 4 rings (SSSR count). The normalized spacial score (nSPS) is 38.3. The van der Waals surface area contributed by atoms with Crippen LogP contribution in [0.2, 0.25) is 0 Å². The number of ether oxygens (including phenoxy) is 2. The molecule has 0 aromatic rings. The predicted octanol–water partition coefficient (Wildman–Crippen LogP) is 4.76. The number of fused-ring (bicyclic) bond motifs is 2. The molecule has 4 heterocycles. The molecule has 6 heteroatoms. The standard InChI is InChI=1S/C24H38F2N2O2/c1-18(2)29-17-24-7-5-9-28(24)22(21(12-24)14-26)10-19(3)30-16-23-6-4-8-27(23)15-20(11-23)13-25/h13-14,18-19,22H,4-12,15-17H2,1-3H3/b20-13-,21-14+/t19-,22?,23?,24+/m1/s1. The van der Waals surface area contributed by atoms with Crippen LogP contribution in [-0.2, 0) is 9.47 Å². The molecule has 0 aromatic heterocycles. The lowest BCUT2D eigenvalue weighted by molar-refractivity contribution is -0.0291. The summed E-state index contributed by atoms with van der Waals surface area (Å²) in [5.41, 5.74) is 1.68. The van der Waals surface area contributed by atoms with Crippen LogP contribution in [0, 0.1) is 0 Å². The zero-order valence-electron chi connectivity index (χ0n) is 18.8. The largest absolute Gasteiger partial charge is 0.377 e. The van der Waals surface area contributed by atoms with Crippen LogP contribution in [-0.4, -0.2) is 72.0 Å². The summed E-state index contributed by atoms with van der Waals surface area (Å²) in [7, 11) is 0. The second kappa shape index (κ2) is 8.97. The molecule has 0 spiro atoms. The fraction of sp³-hybridized carbons (Fsp3) is 0.833. The van der Waals surface area contributed by atoms with E-state index in [1.165, 1.54) is 0 Å². The van der Waals surface area contributed by atoms with Crippen LogP contribution in [0.1, 0.15) is 65.7 Å². The first kappa shape index (κ1) is 22.4. The topological polar surface area (TPSA) is 24.9 Å². The van der Waals surface area contributed by atoms with Crippen molar-refractivity contribution < 1.29 is 18.3 Å². The van der Waals surface area contributed by atoms with Crippen molar-refractivity contribution in [2.24, 2.45) is 0 Å². The zero-order chi connectivity index (χ0) is 21.4. The van der Waals surface area contributed by atoms with Crippen LogP contribution < -0.4 is 0 Å². The van der Waals surface area contributed by atoms with Gasteiger partial charge in [0.25, 0.3) is 0 Å². The highest BCUT2D eigenvalue weighted by Crippen LogP contribution is 2.47. The van der Waals surface area contributed by atoms with Crippen molar-refractivity contribution in [1.29, 1.82) is 0 Å². The van der Waals surface area contributed by atoms with Crippen molar-refractivity contribution in [3.8, 4) is 0 Å². The van der Waals surface area contributed by atoms with Crippen molar-refractivity contribution in [2.45, 2.75) is 95.0 Å². The lowest BCUT2D eigenvalue weighted by atomic mass is 9.92. The van der Waals surface area contributed by atoms with Crippen molar-refractivity contribution >= 4 is 0 Å². The van der Waals surface area contributed by atoms with Gasteiger partial charge in [-0.3, -0.25) is 9.80 Å². The Kier molecular flexibility index (Phi) is 6.69. The van der Waals surface area contributed by atoms with Crippen molar-refractivity contribution in [3.05, 3.63) is 23.8 Å². The highest BCUT2D eigenvalue weighted by Gasteiger charge is 2.52. The second-order valence-corrected chi connectivity index (χ2v) is 10.3. The van der Waals surface area contributed by atoms with Gasteiger partial charge < -0.3 is 9.47 Å². The lowest BCUT2D eigenvalue weighted by Gasteiger charge is -2.36. The van der Waals surface area contributed by atoms with Gasteiger partial charge in [0, 0.05) is 23.7 Å². The second-order valence-electron chi connectivity index (χ2n) is 10.3. The molecular weight excluding hydrogens is 386 g/mol. The van der Waals surface area contributed by atoms with E-state index in [1.807, 2.05) is 0 Å². The van der Waals surface area contributed by atoms with Crippen LogP contribution in [0.4, 0.5) is 8.78 Å². The number of rotatable bonds is 8. The highest BCUT2D eigenvalue weighted by molar-refractivity contribution is 5.25. The maximum Gasteiger partial charge on any atom is 0.0875 e. The van der Waals surface area contributed by atoms with Gasteiger partial charge in [0.1, 0.15) is 0 Å². The summed E-state index contributed by atoms with van der Waals surface area (Å²) in [5.74, 6) is 0. The fourth-order valence-corrected chi connectivity index (χ4v) is 6.38. The Morgan fingerprint density at radius 1 is 1.00 bits per heavy atom. The van der Waals surface area contributed by atoms with E-state index in [4.69, 9.17) is 9.47 Å². The molecule has 0 radical (unpaired) electrons. The molecule has 4 fully saturated rings. The molecule has 4 aliphatic rings. The maximum absolute atomic E-state index is 13.8. The van der Waals surface area contributed by atoms with Gasteiger partial charge in [0.2, 0.25) is 0 Å². The Labute approximate surface area is 180 Å². The Hall–Kier alpha value is -0.820. The summed E-state index contributed by atoms with van der Waals surface area (Å²) in [6.45, 7) is 10.3. The third-order valence-corrected chi connectivity index (χ3v) is 7.85. The van der Waals surface area contributed by atoms with E-state index in [1.54, 1.807) is 0 Å². The number of hydrogen-bond donors (Lipinski definition) is 0. The summed E-state index contributed by atoms with van der Waals surface area (Å²) >= 11 is 0. The van der Waals surface area contributed by atoms with Gasteiger partial charge in [0.05, 0.1) is 38.1 Å². The lowest BCUT2D eigenvalue weighted by Crippen LogP contribution is -2.47. The molecule has 0 bridgehead atoms. The van der Waals surface area contributed by atoms with Gasteiger partial charge in [-0.25, -0.2) is 8.78 Å². The first-order chi connectivity index (χ1) is 14.4. The van der Waals surface area contributed by atoms with E-state index < -0.39 is 0 Å². The van der Waals surface area contributed by atoms with Gasteiger partial charge in [-0.15, -0.1) is 0 Å². The number of hydrogen-bond acceptors (Lipinski definition) is 4. The molecule has 30 heavy (non-hydrogen) atoms. The Balaban J connectivity index is 1.38. The molecule has 4 nitrogen and oxygen atoms in total. The van der Waals surface area contributed by atoms with E-state index in [0.29, 0.717) is 13.2 Å². The van der Waals surface area contributed by atoms with Gasteiger partial charge in [-0.1, -0.05) is 0 Å². The van der Waals surface area contributed by atoms with Gasteiger partial charge in [0.15, 0.2) is 0 Å². The molecule has 0 aliphatic carbocycles. The molecule has 4 saturated heterocycles. The first-order valence-corrected chi connectivity index (χ1v) is 11.7. The van der Waals surface area contributed by atoms with E-state index in [2.05, 4.69) is 30.6 Å². The third-order valence-electron chi connectivity index (χ3n) is 7.85. The smallest absolute Gasteiger partial charge is 0.0875 e. The fourth-order valence-electron chi connectivity index (χ4n) is 6.38. The molecular formula is C24H38F2N2O2. The molecule has 170 valence electrons. The predicted molar refractivity (Wildman–Crippen MR) is 115 cm³/mol. The summed E-state index contributed by atoms with van der Waals surface area (Å²) in [4.78, 5) is 4.88. The Bertz CT molecular complexity index is 682. The van der Waals surface area contributed by atoms with Gasteiger partial charge in [-0.2, -0.15) is 0 Å². The third kappa shape index (κ3) is 4.13. The average Bonchev–Trinajstić information content (AvgIpc) is 3.44.